The molecular formula is C11H14Cl2N2. The van der Waals surface area contributed by atoms with Gasteiger partial charge in [0.25, 0.3) is 0 Å². The topological polar surface area (TPSA) is 29.3 Å². The first-order chi connectivity index (χ1) is 7.18. The highest BCUT2D eigenvalue weighted by atomic mass is 35.5. The first-order valence-electron chi connectivity index (χ1n) is 5.13. The van der Waals surface area contributed by atoms with E-state index in [1.807, 2.05) is 18.2 Å². The van der Waals surface area contributed by atoms with E-state index in [1.54, 1.807) is 0 Å². The molecule has 4 heteroatoms. The summed E-state index contributed by atoms with van der Waals surface area (Å²) in [5.74, 6) is 0. The fraction of sp³-hybridized carbons (Fsp3) is 0.455. The molecule has 0 aliphatic carbocycles. The second-order valence-electron chi connectivity index (χ2n) is 3.90. The lowest BCUT2D eigenvalue weighted by Gasteiger charge is -2.32. The molecule has 2 nitrogen and oxygen atoms in total. The molecule has 82 valence electrons. The van der Waals surface area contributed by atoms with Gasteiger partial charge in [0.1, 0.15) is 0 Å². The second-order valence-corrected chi connectivity index (χ2v) is 4.68. The fourth-order valence-electron chi connectivity index (χ4n) is 1.88. The van der Waals surface area contributed by atoms with Crippen molar-refractivity contribution in [3.8, 4) is 0 Å². The third-order valence-corrected chi connectivity index (χ3v) is 3.62. The molecule has 2 rings (SSSR count). The van der Waals surface area contributed by atoms with Crippen molar-refractivity contribution in [1.29, 1.82) is 0 Å². The number of hydrogen-bond acceptors (Lipinski definition) is 2. The van der Waals surface area contributed by atoms with Gasteiger partial charge in [-0.2, -0.15) is 0 Å². The molecule has 1 fully saturated rings. The van der Waals surface area contributed by atoms with E-state index in [0.29, 0.717) is 16.1 Å². The van der Waals surface area contributed by atoms with Crippen LogP contribution in [0.4, 0.5) is 5.69 Å². The molecule has 1 aromatic rings. The van der Waals surface area contributed by atoms with Crippen molar-refractivity contribution in [2.45, 2.75) is 18.9 Å². The number of anilines is 1. The van der Waals surface area contributed by atoms with Gasteiger partial charge in [0, 0.05) is 19.1 Å². The van der Waals surface area contributed by atoms with Crippen molar-refractivity contribution in [3.63, 3.8) is 0 Å². The Labute approximate surface area is 100.0 Å². The molecule has 0 atom stereocenters. The zero-order chi connectivity index (χ0) is 10.8. The van der Waals surface area contributed by atoms with E-state index in [9.17, 15) is 0 Å². The largest absolute Gasteiger partial charge is 0.370 e. The highest BCUT2D eigenvalue weighted by molar-refractivity contribution is 6.43. The summed E-state index contributed by atoms with van der Waals surface area (Å²) in [6.07, 6.45) is 2.03. The van der Waals surface area contributed by atoms with Crippen LogP contribution in [0.25, 0.3) is 0 Å². The molecule has 0 unspecified atom stereocenters. The molecule has 0 aromatic heterocycles. The number of rotatable bonds is 1. The van der Waals surface area contributed by atoms with Gasteiger partial charge in [0.2, 0.25) is 0 Å². The predicted octanol–water partition coefficient (Wildman–Crippen LogP) is 2.92. The second kappa shape index (κ2) is 4.60. The Balaban J connectivity index is 2.19. The van der Waals surface area contributed by atoms with Crippen molar-refractivity contribution >= 4 is 28.9 Å². The van der Waals surface area contributed by atoms with Gasteiger partial charge in [-0.25, -0.2) is 0 Å². The molecule has 1 heterocycles. The lowest BCUT2D eigenvalue weighted by molar-refractivity contribution is 0.501. The molecule has 0 saturated carbocycles. The van der Waals surface area contributed by atoms with Crippen molar-refractivity contribution in [2.75, 3.05) is 18.0 Å². The van der Waals surface area contributed by atoms with Crippen LogP contribution in [0.2, 0.25) is 10.0 Å². The molecule has 0 spiro atoms. The predicted molar refractivity (Wildman–Crippen MR) is 65.9 cm³/mol. The van der Waals surface area contributed by atoms with E-state index < -0.39 is 0 Å². The van der Waals surface area contributed by atoms with Gasteiger partial charge in [-0.15, -0.1) is 0 Å². The normalized spacial score (nSPS) is 18.2. The Kier molecular flexibility index (Phi) is 3.39. The van der Waals surface area contributed by atoms with E-state index in [2.05, 4.69) is 4.90 Å². The SMILES string of the molecule is NC1CCN(c2cccc(Cl)c2Cl)CC1. The molecule has 0 radical (unpaired) electrons. The van der Waals surface area contributed by atoms with Gasteiger partial charge in [-0.05, 0) is 25.0 Å². The molecule has 0 amide bonds. The van der Waals surface area contributed by atoms with E-state index in [0.717, 1.165) is 31.6 Å². The average Bonchev–Trinajstić information content (AvgIpc) is 2.24. The van der Waals surface area contributed by atoms with Crippen LogP contribution in [0.3, 0.4) is 0 Å². The third kappa shape index (κ3) is 2.39. The van der Waals surface area contributed by atoms with Gasteiger partial charge >= 0.3 is 0 Å². The number of halogens is 2. The van der Waals surface area contributed by atoms with Gasteiger partial charge in [-0.3, -0.25) is 0 Å². The summed E-state index contributed by atoms with van der Waals surface area (Å²) in [6, 6.07) is 6.07. The Morgan fingerprint density at radius 1 is 1.20 bits per heavy atom. The quantitative estimate of drug-likeness (QED) is 0.824. The molecule has 15 heavy (non-hydrogen) atoms. The van der Waals surface area contributed by atoms with Gasteiger partial charge in [0.05, 0.1) is 15.7 Å². The van der Waals surface area contributed by atoms with Crippen LogP contribution in [0.5, 0.6) is 0 Å². The average molecular weight is 245 g/mol. The first-order valence-corrected chi connectivity index (χ1v) is 5.88. The smallest absolute Gasteiger partial charge is 0.0825 e. The number of piperidine rings is 1. The van der Waals surface area contributed by atoms with Crippen LogP contribution in [0, 0.1) is 0 Å². The van der Waals surface area contributed by atoms with Crippen molar-refractivity contribution in [3.05, 3.63) is 28.2 Å². The molecule has 0 bridgehead atoms. The Hall–Kier alpha value is -0.440. The number of nitrogens with two attached hydrogens (primary N) is 1. The van der Waals surface area contributed by atoms with E-state index >= 15 is 0 Å². The minimum atomic E-state index is 0.333. The lowest BCUT2D eigenvalue weighted by Crippen LogP contribution is -2.39. The minimum Gasteiger partial charge on any atom is -0.370 e. The fourth-order valence-corrected chi connectivity index (χ4v) is 2.29. The van der Waals surface area contributed by atoms with Crippen LogP contribution in [-0.4, -0.2) is 19.1 Å². The summed E-state index contributed by atoms with van der Waals surface area (Å²) in [5, 5.41) is 1.26. The third-order valence-electron chi connectivity index (χ3n) is 2.81. The van der Waals surface area contributed by atoms with Crippen molar-refractivity contribution in [2.24, 2.45) is 5.73 Å². The van der Waals surface area contributed by atoms with Crippen LogP contribution in [0.15, 0.2) is 18.2 Å². The summed E-state index contributed by atoms with van der Waals surface area (Å²) >= 11 is 12.1. The maximum absolute atomic E-state index is 6.16. The minimum absolute atomic E-state index is 0.333. The summed E-state index contributed by atoms with van der Waals surface area (Å²) in [5.41, 5.74) is 6.88. The molecule has 1 aromatic carbocycles. The molecule has 2 N–H and O–H groups in total. The van der Waals surface area contributed by atoms with Gasteiger partial charge in [-0.1, -0.05) is 29.3 Å². The number of hydrogen-bond donors (Lipinski definition) is 1. The van der Waals surface area contributed by atoms with E-state index in [4.69, 9.17) is 28.9 Å². The van der Waals surface area contributed by atoms with Gasteiger partial charge in [0.15, 0.2) is 0 Å². The van der Waals surface area contributed by atoms with Crippen molar-refractivity contribution in [1.82, 2.24) is 0 Å². The Morgan fingerprint density at radius 3 is 2.53 bits per heavy atom. The van der Waals surface area contributed by atoms with E-state index in [1.165, 1.54) is 0 Å². The molecule has 1 aliphatic rings. The van der Waals surface area contributed by atoms with Crippen molar-refractivity contribution < 1.29 is 0 Å². The standard InChI is InChI=1S/C11H14Cl2N2/c12-9-2-1-3-10(11(9)13)15-6-4-8(14)5-7-15/h1-3,8H,4-7,14H2. The highest BCUT2D eigenvalue weighted by Crippen LogP contribution is 2.33. The van der Waals surface area contributed by atoms with Crippen LogP contribution >= 0.6 is 23.2 Å². The zero-order valence-corrected chi connectivity index (χ0v) is 9.93. The molecule has 1 aliphatic heterocycles. The van der Waals surface area contributed by atoms with Gasteiger partial charge < -0.3 is 10.6 Å². The maximum Gasteiger partial charge on any atom is 0.0825 e. The maximum atomic E-state index is 6.16. The Bertz CT molecular complexity index is 346. The zero-order valence-electron chi connectivity index (χ0n) is 8.42. The Morgan fingerprint density at radius 2 is 1.87 bits per heavy atom. The summed E-state index contributed by atoms with van der Waals surface area (Å²) < 4.78 is 0. The number of benzene rings is 1. The summed E-state index contributed by atoms with van der Waals surface area (Å²) in [4.78, 5) is 2.25. The first kappa shape index (κ1) is 11.1. The monoisotopic (exact) mass is 244 g/mol. The van der Waals surface area contributed by atoms with E-state index in [-0.39, 0.29) is 0 Å². The van der Waals surface area contributed by atoms with Crippen LogP contribution in [-0.2, 0) is 0 Å². The number of nitrogens with zero attached hydrogens (tertiary/aromatic N) is 1. The summed E-state index contributed by atoms with van der Waals surface area (Å²) in [7, 11) is 0. The lowest BCUT2D eigenvalue weighted by atomic mass is 10.1. The van der Waals surface area contributed by atoms with Crippen LogP contribution in [0.1, 0.15) is 12.8 Å². The highest BCUT2D eigenvalue weighted by Gasteiger charge is 2.18. The molecular weight excluding hydrogens is 231 g/mol. The van der Waals surface area contributed by atoms with Crippen LogP contribution < -0.4 is 10.6 Å². The molecule has 1 saturated heterocycles. The summed E-state index contributed by atoms with van der Waals surface area (Å²) in [6.45, 7) is 1.92.